The number of hydrogen-bond donors (Lipinski definition) is 0. The van der Waals surface area contributed by atoms with E-state index in [1.54, 1.807) is 12.3 Å². The van der Waals surface area contributed by atoms with Gasteiger partial charge in [0.1, 0.15) is 11.8 Å². The van der Waals surface area contributed by atoms with Gasteiger partial charge in [-0.2, -0.15) is 0 Å². The van der Waals surface area contributed by atoms with Gasteiger partial charge in [0.2, 0.25) is 0 Å². The van der Waals surface area contributed by atoms with Crippen molar-refractivity contribution in [2.45, 2.75) is 13.5 Å². The molecule has 0 radical (unpaired) electrons. The van der Waals surface area contributed by atoms with Crippen molar-refractivity contribution in [2.24, 2.45) is 0 Å². The summed E-state index contributed by atoms with van der Waals surface area (Å²) in [6.45, 7) is 2.89. The molecule has 0 bridgehead atoms. The van der Waals surface area contributed by atoms with E-state index < -0.39 is 0 Å². The topological polar surface area (TPSA) is 47.9 Å². The zero-order chi connectivity index (χ0) is 14.7. The molecular formula is C16H14ClN3O. The zero-order valence-corrected chi connectivity index (χ0v) is 12.3. The first-order valence-corrected chi connectivity index (χ1v) is 7.10. The molecule has 0 aliphatic carbocycles. The average molecular weight is 300 g/mol. The first-order chi connectivity index (χ1) is 10.3. The van der Waals surface area contributed by atoms with Gasteiger partial charge in [0.15, 0.2) is 5.82 Å². The minimum atomic E-state index is 0.349. The smallest absolute Gasteiger partial charge is 0.156 e. The molecule has 0 atom stereocenters. The van der Waals surface area contributed by atoms with E-state index in [2.05, 4.69) is 15.0 Å². The van der Waals surface area contributed by atoms with Crippen molar-refractivity contribution >= 4 is 22.4 Å². The highest BCUT2D eigenvalue weighted by Gasteiger charge is 2.09. The minimum Gasteiger partial charge on any atom is -0.374 e. The van der Waals surface area contributed by atoms with Gasteiger partial charge in [-0.3, -0.25) is 4.98 Å². The summed E-state index contributed by atoms with van der Waals surface area (Å²) in [5.41, 5.74) is 1.70. The molecule has 0 saturated carbocycles. The lowest BCUT2D eigenvalue weighted by Crippen LogP contribution is -2.01. The van der Waals surface area contributed by atoms with E-state index in [0.717, 1.165) is 22.0 Å². The van der Waals surface area contributed by atoms with Crippen LogP contribution >= 0.6 is 11.6 Å². The molecule has 0 aliphatic rings. The van der Waals surface area contributed by atoms with Crippen LogP contribution in [-0.2, 0) is 11.3 Å². The van der Waals surface area contributed by atoms with E-state index in [-0.39, 0.29) is 0 Å². The molecule has 2 heterocycles. The van der Waals surface area contributed by atoms with Crippen LogP contribution in [0.15, 0.2) is 42.7 Å². The highest BCUT2D eigenvalue weighted by atomic mass is 35.5. The molecule has 21 heavy (non-hydrogen) atoms. The molecule has 3 aromatic rings. The monoisotopic (exact) mass is 299 g/mol. The molecule has 2 aromatic heterocycles. The lowest BCUT2D eigenvalue weighted by molar-refractivity contribution is 0.128. The Hall–Kier alpha value is -2.04. The predicted octanol–water partition coefficient (Wildman–Crippen LogP) is 3.88. The fraction of sp³-hybridized carbons (Fsp3) is 0.188. The summed E-state index contributed by atoms with van der Waals surface area (Å²) >= 11 is 6.10. The fourth-order valence-corrected chi connectivity index (χ4v) is 2.38. The maximum atomic E-state index is 6.10. The molecule has 1 aromatic carbocycles. The van der Waals surface area contributed by atoms with Gasteiger partial charge in [-0.15, -0.1) is 0 Å². The number of pyridine rings is 1. The first kappa shape index (κ1) is 13.9. The second-order valence-corrected chi connectivity index (χ2v) is 4.92. The summed E-state index contributed by atoms with van der Waals surface area (Å²) in [6, 6.07) is 9.80. The first-order valence-electron chi connectivity index (χ1n) is 6.72. The van der Waals surface area contributed by atoms with E-state index in [4.69, 9.17) is 16.3 Å². The molecule has 0 aliphatic heterocycles. The molecule has 0 amide bonds. The van der Waals surface area contributed by atoms with Crippen LogP contribution in [0.1, 0.15) is 12.7 Å². The highest BCUT2D eigenvalue weighted by molar-refractivity contribution is 6.29. The second-order valence-electron chi connectivity index (χ2n) is 4.54. The van der Waals surface area contributed by atoms with Gasteiger partial charge in [-0.05, 0) is 12.3 Å². The Morgan fingerprint density at radius 3 is 2.86 bits per heavy atom. The molecule has 0 spiro atoms. The average Bonchev–Trinajstić information content (AvgIpc) is 2.52. The standard InChI is InChI=1S/C16H14ClN3O/c1-2-21-10-16-19-14(7-15(17)20-16)13-9-18-8-11-5-3-4-6-12(11)13/h3-9H,2,10H2,1H3. The Morgan fingerprint density at radius 2 is 2.00 bits per heavy atom. The van der Waals surface area contributed by atoms with Crippen LogP contribution in [0.25, 0.3) is 22.0 Å². The fourth-order valence-electron chi connectivity index (χ4n) is 2.18. The lowest BCUT2D eigenvalue weighted by Gasteiger charge is -2.08. The van der Waals surface area contributed by atoms with Gasteiger partial charge in [0, 0.05) is 36.0 Å². The van der Waals surface area contributed by atoms with E-state index in [9.17, 15) is 0 Å². The number of aromatic nitrogens is 3. The summed E-state index contributed by atoms with van der Waals surface area (Å²) in [6.07, 6.45) is 3.63. The molecule has 3 rings (SSSR count). The van der Waals surface area contributed by atoms with Crippen LogP contribution in [0.4, 0.5) is 0 Å². The Balaban J connectivity index is 2.12. The quantitative estimate of drug-likeness (QED) is 0.686. The van der Waals surface area contributed by atoms with E-state index in [1.807, 2.05) is 37.4 Å². The van der Waals surface area contributed by atoms with Crippen LogP contribution in [0.2, 0.25) is 5.15 Å². The lowest BCUT2D eigenvalue weighted by atomic mass is 10.1. The molecule has 4 nitrogen and oxygen atoms in total. The van der Waals surface area contributed by atoms with Crippen molar-refractivity contribution in [2.75, 3.05) is 6.61 Å². The number of rotatable bonds is 4. The van der Waals surface area contributed by atoms with E-state index in [0.29, 0.717) is 24.2 Å². The molecular weight excluding hydrogens is 286 g/mol. The van der Waals surface area contributed by atoms with Crippen LogP contribution in [0.5, 0.6) is 0 Å². The van der Waals surface area contributed by atoms with E-state index in [1.165, 1.54) is 0 Å². The van der Waals surface area contributed by atoms with Crippen LogP contribution in [0, 0.1) is 0 Å². The zero-order valence-electron chi connectivity index (χ0n) is 11.6. The van der Waals surface area contributed by atoms with Crippen molar-refractivity contribution < 1.29 is 4.74 Å². The van der Waals surface area contributed by atoms with Crippen LogP contribution in [-0.4, -0.2) is 21.6 Å². The summed E-state index contributed by atoms with van der Waals surface area (Å²) in [4.78, 5) is 13.0. The summed E-state index contributed by atoms with van der Waals surface area (Å²) in [5.74, 6) is 0.576. The molecule has 106 valence electrons. The number of benzene rings is 1. The minimum absolute atomic E-state index is 0.349. The van der Waals surface area contributed by atoms with Crippen molar-refractivity contribution in [3.05, 3.63) is 53.7 Å². The van der Waals surface area contributed by atoms with Crippen molar-refractivity contribution in [3.63, 3.8) is 0 Å². The number of ether oxygens (including phenoxy) is 1. The highest BCUT2D eigenvalue weighted by Crippen LogP contribution is 2.27. The van der Waals surface area contributed by atoms with E-state index >= 15 is 0 Å². The van der Waals surface area contributed by atoms with Crippen molar-refractivity contribution in [1.29, 1.82) is 0 Å². The molecule has 0 N–H and O–H groups in total. The largest absolute Gasteiger partial charge is 0.374 e. The van der Waals surface area contributed by atoms with Gasteiger partial charge in [-0.1, -0.05) is 35.9 Å². The maximum Gasteiger partial charge on any atom is 0.156 e. The van der Waals surface area contributed by atoms with Gasteiger partial charge in [0.05, 0.1) is 5.69 Å². The molecule has 0 fully saturated rings. The SMILES string of the molecule is CCOCc1nc(Cl)cc(-c2cncc3ccccc23)n1. The van der Waals surface area contributed by atoms with Gasteiger partial charge >= 0.3 is 0 Å². The summed E-state index contributed by atoms with van der Waals surface area (Å²) < 4.78 is 5.35. The predicted molar refractivity (Wildman–Crippen MR) is 83.1 cm³/mol. The third-order valence-electron chi connectivity index (χ3n) is 3.12. The number of nitrogens with zero attached hydrogens (tertiary/aromatic N) is 3. The van der Waals surface area contributed by atoms with Gasteiger partial charge < -0.3 is 4.74 Å². The normalized spacial score (nSPS) is 11.0. The number of fused-ring (bicyclic) bond motifs is 1. The summed E-state index contributed by atoms with van der Waals surface area (Å²) in [5, 5.41) is 2.56. The number of hydrogen-bond acceptors (Lipinski definition) is 4. The van der Waals surface area contributed by atoms with Crippen LogP contribution in [0.3, 0.4) is 0 Å². The van der Waals surface area contributed by atoms with Gasteiger partial charge in [-0.25, -0.2) is 9.97 Å². The Kier molecular flexibility index (Phi) is 4.08. The Labute approximate surface area is 127 Å². The molecule has 5 heteroatoms. The maximum absolute atomic E-state index is 6.10. The number of halogens is 1. The Morgan fingerprint density at radius 1 is 1.14 bits per heavy atom. The Bertz CT molecular complexity index is 771. The van der Waals surface area contributed by atoms with Crippen molar-refractivity contribution in [3.8, 4) is 11.3 Å². The third-order valence-corrected chi connectivity index (χ3v) is 3.31. The van der Waals surface area contributed by atoms with Crippen LogP contribution < -0.4 is 0 Å². The second kappa shape index (κ2) is 6.16. The molecule has 0 unspecified atom stereocenters. The third kappa shape index (κ3) is 3.01. The van der Waals surface area contributed by atoms with Crippen molar-refractivity contribution in [1.82, 2.24) is 15.0 Å². The molecule has 0 saturated heterocycles. The summed E-state index contributed by atoms with van der Waals surface area (Å²) in [7, 11) is 0. The van der Waals surface area contributed by atoms with Gasteiger partial charge in [0.25, 0.3) is 0 Å².